The number of halogens is 1. The van der Waals surface area contributed by atoms with Gasteiger partial charge in [0, 0.05) is 0 Å². The van der Waals surface area contributed by atoms with Crippen molar-refractivity contribution in [1.82, 2.24) is 4.90 Å². The number of hydrogen-bond acceptors (Lipinski definition) is 2. The van der Waals surface area contributed by atoms with E-state index in [2.05, 4.69) is 11.8 Å². The zero-order chi connectivity index (χ0) is 8.97. The first kappa shape index (κ1) is 10.0. The lowest BCUT2D eigenvalue weighted by molar-refractivity contribution is -0.115. The second kappa shape index (κ2) is 4.83. The molecule has 1 unspecified atom stereocenters. The lowest BCUT2D eigenvalue weighted by Crippen LogP contribution is -2.34. The van der Waals surface area contributed by atoms with E-state index in [-0.39, 0.29) is 11.3 Å². The van der Waals surface area contributed by atoms with Crippen molar-refractivity contribution >= 4 is 16.8 Å². The van der Waals surface area contributed by atoms with Gasteiger partial charge in [-0.1, -0.05) is 13.3 Å². The smallest absolute Gasteiger partial charge is 0.238 e. The fraction of sp³-hybridized carbons (Fsp3) is 0.889. The van der Waals surface area contributed by atoms with E-state index < -0.39 is 0 Å². The van der Waals surface area contributed by atoms with Crippen molar-refractivity contribution in [3.8, 4) is 0 Å². The number of hydrogen-bond donors (Lipinski definition) is 0. The zero-order valence-corrected chi connectivity index (χ0v) is 8.31. The van der Waals surface area contributed by atoms with Crippen LogP contribution in [0.4, 0.5) is 0 Å². The molecule has 0 bridgehead atoms. The molecular weight excluding hydrogens is 174 g/mol. The molecule has 0 amide bonds. The predicted molar refractivity (Wildman–Crippen MR) is 50.4 cm³/mol. The Morgan fingerprint density at radius 2 is 2.42 bits per heavy atom. The Kier molecular flexibility index (Phi) is 4.02. The van der Waals surface area contributed by atoms with Gasteiger partial charge < -0.3 is 0 Å². The van der Waals surface area contributed by atoms with Gasteiger partial charge in [-0.2, -0.15) is 0 Å². The van der Waals surface area contributed by atoms with E-state index in [1.807, 2.05) is 0 Å². The highest BCUT2D eigenvalue weighted by Crippen LogP contribution is 2.19. The monoisotopic (exact) mass is 189 g/mol. The van der Waals surface area contributed by atoms with Crippen LogP contribution in [0.2, 0.25) is 0 Å². The Bertz CT molecular complexity index is 161. The van der Waals surface area contributed by atoms with Crippen LogP contribution in [0, 0.1) is 0 Å². The first-order valence-corrected chi connectivity index (χ1v) is 5.07. The summed E-state index contributed by atoms with van der Waals surface area (Å²) in [4.78, 5) is 13.2. The third-order valence-corrected chi connectivity index (χ3v) is 2.68. The molecule has 0 N–H and O–H groups in total. The van der Waals surface area contributed by atoms with Gasteiger partial charge in [-0.3, -0.25) is 9.69 Å². The van der Waals surface area contributed by atoms with Crippen molar-refractivity contribution in [2.24, 2.45) is 0 Å². The van der Waals surface area contributed by atoms with Gasteiger partial charge in [0.25, 0.3) is 0 Å². The van der Waals surface area contributed by atoms with Crippen molar-refractivity contribution in [3.05, 3.63) is 0 Å². The molecule has 0 aromatic rings. The fourth-order valence-electron chi connectivity index (χ4n) is 1.71. The fourth-order valence-corrected chi connectivity index (χ4v) is 1.96. The van der Waals surface area contributed by atoms with Gasteiger partial charge in [-0.05, 0) is 44.0 Å². The molecule has 1 saturated heterocycles. The van der Waals surface area contributed by atoms with Crippen LogP contribution in [0.5, 0.6) is 0 Å². The Labute approximate surface area is 78.9 Å². The van der Waals surface area contributed by atoms with E-state index in [9.17, 15) is 4.79 Å². The van der Waals surface area contributed by atoms with Crippen LogP contribution in [0.15, 0.2) is 0 Å². The summed E-state index contributed by atoms with van der Waals surface area (Å²) in [6.07, 6.45) is 4.42. The molecule has 12 heavy (non-hydrogen) atoms. The highest BCUT2D eigenvalue weighted by Gasteiger charge is 2.28. The third-order valence-electron chi connectivity index (χ3n) is 2.42. The van der Waals surface area contributed by atoms with Crippen molar-refractivity contribution in [3.63, 3.8) is 0 Å². The van der Waals surface area contributed by atoms with E-state index in [1.165, 1.54) is 12.8 Å². The maximum absolute atomic E-state index is 10.9. The van der Waals surface area contributed by atoms with Crippen molar-refractivity contribution in [1.29, 1.82) is 0 Å². The average molecular weight is 190 g/mol. The van der Waals surface area contributed by atoms with E-state index in [0.717, 1.165) is 25.9 Å². The standard InChI is InChI=1S/C9H16ClNO/c1-2-3-6-11-7-4-5-8(11)9(10)12/h8H,2-7H2,1H3. The van der Waals surface area contributed by atoms with Gasteiger partial charge in [0.2, 0.25) is 5.24 Å². The molecule has 0 spiro atoms. The maximum atomic E-state index is 10.9. The Balaban J connectivity index is 2.35. The van der Waals surface area contributed by atoms with Gasteiger partial charge >= 0.3 is 0 Å². The first-order chi connectivity index (χ1) is 5.75. The minimum atomic E-state index is -0.177. The maximum Gasteiger partial charge on any atom is 0.238 e. The number of rotatable bonds is 4. The summed E-state index contributed by atoms with van der Waals surface area (Å²) in [7, 11) is 0. The van der Waals surface area contributed by atoms with E-state index in [0.29, 0.717) is 0 Å². The predicted octanol–water partition coefficient (Wildman–Crippen LogP) is 2.02. The van der Waals surface area contributed by atoms with Crippen LogP contribution < -0.4 is 0 Å². The highest BCUT2D eigenvalue weighted by molar-refractivity contribution is 6.64. The van der Waals surface area contributed by atoms with Crippen LogP contribution in [0.3, 0.4) is 0 Å². The molecule has 0 radical (unpaired) electrons. The normalized spacial score (nSPS) is 24.7. The summed E-state index contributed by atoms with van der Waals surface area (Å²) >= 11 is 5.48. The van der Waals surface area contributed by atoms with Crippen molar-refractivity contribution < 1.29 is 4.79 Å². The molecule has 0 aliphatic carbocycles. The average Bonchev–Trinajstić information content (AvgIpc) is 2.48. The summed E-state index contributed by atoms with van der Waals surface area (Å²) < 4.78 is 0. The molecule has 1 heterocycles. The number of carbonyl (C=O) groups is 1. The minimum absolute atomic E-state index is 0.0122. The topological polar surface area (TPSA) is 20.3 Å². The van der Waals surface area contributed by atoms with E-state index in [4.69, 9.17) is 11.6 Å². The van der Waals surface area contributed by atoms with Gasteiger partial charge in [-0.15, -0.1) is 0 Å². The zero-order valence-electron chi connectivity index (χ0n) is 7.55. The minimum Gasteiger partial charge on any atom is -0.293 e. The molecule has 2 nitrogen and oxygen atoms in total. The molecule has 1 aliphatic heterocycles. The molecule has 0 aromatic carbocycles. The summed E-state index contributed by atoms with van der Waals surface area (Å²) in [5.74, 6) is 0. The van der Waals surface area contributed by atoms with E-state index in [1.54, 1.807) is 0 Å². The Morgan fingerprint density at radius 3 is 3.00 bits per heavy atom. The van der Waals surface area contributed by atoms with Crippen molar-refractivity contribution in [2.45, 2.75) is 38.6 Å². The first-order valence-electron chi connectivity index (χ1n) is 4.69. The summed E-state index contributed by atoms with van der Waals surface area (Å²) in [6.45, 7) is 4.23. The lowest BCUT2D eigenvalue weighted by Gasteiger charge is -2.20. The number of carbonyl (C=O) groups excluding carboxylic acids is 1. The van der Waals surface area contributed by atoms with E-state index >= 15 is 0 Å². The third kappa shape index (κ3) is 2.46. The number of unbranched alkanes of at least 4 members (excludes halogenated alkanes) is 1. The van der Waals surface area contributed by atoms with Crippen LogP contribution >= 0.6 is 11.6 Å². The Morgan fingerprint density at radius 1 is 1.67 bits per heavy atom. The Hall–Kier alpha value is -0.0800. The molecule has 70 valence electrons. The molecule has 0 aromatic heterocycles. The SMILES string of the molecule is CCCCN1CCCC1C(=O)Cl. The van der Waals surface area contributed by atoms with Crippen molar-refractivity contribution in [2.75, 3.05) is 13.1 Å². The van der Waals surface area contributed by atoms with Gasteiger partial charge in [0.1, 0.15) is 0 Å². The molecule has 1 fully saturated rings. The summed E-state index contributed by atoms with van der Waals surface area (Å²) in [5, 5.41) is -0.177. The highest BCUT2D eigenvalue weighted by atomic mass is 35.5. The summed E-state index contributed by atoms with van der Waals surface area (Å²) in [5.41, 5.74) is 0. The molecule has 1 rings (SSSR count). The second-order valence-corrected chi connectivity index (χ2v) is 3.72. The summed E-state index contributed by atoms with van der Waals surface area (Å²) in [6, 6.07) is 0.0122. The van der Waals surface area contributed by atoms with Gasteiger partial charge in [0.15, 0.2) is 0 Å². The molecule has 0 saturated carbocycles. The molecule has 1 atom stereocenters. The number of likely N-dealkylation sites (tertiary alicyclic amines) is 1. The van der Waals surface area contributed by atoms with Crippen LogP contribution in [-0.4, -0.2) is 29.3 Å². The largest absolute Gasteiger partial charge is 0.293 e. The van der Waals surface area contributed by atoms with Gasteiger partial charge in [0.05, 0.1) is 6.04 Å². The molecule has 3 heteroatoms. The molecular formula is C9H16ClNO. The van der Waals surface area contributed by atoms with Crippen LogP contribution in [0.1, 0.15) is 32.6 Å². The van der Waals surface area contributed by atoms with Crippen LogP contribution in [0.25, 0.3) is 0 Å². The van der Waals surface area contributed by atoms with Gasteiger partial charge in [-0.25, -0.2) is 0 Å². The molecule has 1 aliphatic rings. The number of nitrogens with zero attached hydrogens (tertiary/aromatic N) is 1. The second-order valence-electron chi connectivity index (χ2n) is 3.35. The quantitative estimate of drug-likeness (QED) is 0.631. The lowest BCUT2D eigenvalue weighted by atomic mass is 10.2. The van der Waals surface area contributed by atoms with Crippen LogP contribution in [-0.2, 0) is 4.79 Å².